The van der Waals surface area contributed by atoms with Gasteiger partial charge in [-0.2, -0.15) is 0 Å². The van der Waals surface area contributed by atoms with Crippen molar-refractivity contribution in [3.8, 4) is 5.75 Å². The van der Waals surface area contributed by atoms with E-state index in [1.807, 2.05) is 6.92 Å². The topological polar surface area (TPSA) is 99.8 Å². The first kappa shape index (κ1) is 14.4. The van der Waals surface area contributed by atoms with E-state index >= 15 is 0 Å². The Bertz CT molecular complexity index is 372. The highest BCUT2D eigenvalue weighted by atomic mass is 16.5. The van der Waals surface area contributed by atoms with Gasteiger partial charge in [0.2, 0.25) is 0 Å². The van der Waals surface area contributed by atoms with Gasteiger partial charge in [-0.05, 0) is 19.1 Å². The maximum atomic E-state index is 8.89. The quantitative estimate of drug-likeness (QED) is 0.433. The van der Waals surface area contributed by atoms with Crippen LogP contribution in [0.5, 0.6) is 5.75 Å². The molecule has 6 N–H and O–H groups in total. The minimum Gasteiger partial charge on any atom is -0.492 e. The van der Waals surface area contributed by atoms with Crippen LogP contribution in [0.2, 0.25) is 0 Å². The zero-order valence-corrected chi connectivity index (χ0v) is 10.6. The van der Waals surface area contributed by atoms with Gasteiger partial charge in [-0.25, -0.2) is 0 Å². The lowest BCUT2D eigenvalue weighted by molar-refractivity contribution is 0.309. The summed E-state index contributed by atoms with van der Waals surface area (Å²) >= 11 is 0. The number of nitrogen functional groups attached to an aromatic ring is 1. The zero-order valence-electron chi connectivity index (χ0n) is 10.6. The fourth-order valence-corrected chi connectivity index (χ4v) is 1.60. The number of benzene rings is 1. The van der Waals surface area contributed by atoms with Crippen LogP contribution in [0.1, 0.15) is 6.92 Å². The molecule has 18 heavy (non-hydrogen) atoms. The number of nitrogens with two attached hydrogens (primary N) is 1. The number of hydrogen-bond acceptors (Lipinski definition) is 6. The molecule has 1 aromatic rings. The van der Waals surface area contributed by atoms with E-state index in [-0.39, 0.29) is 13.2 Å². The van der Waals surface area contributed by atoms with Crippen molar-refractivity contribution in [1.29, 1.82) is 0 Å². The highest BCUT2D eigenvalue weighted by molar-refractivity contribution is 5.85. The van der Waals surface area contributed by atoms with Crippen molar-refractivity contribution in [2.45, 2.75) is 6.92 Å². The second-order valence-corrected chi connectivity index (χ2v) is 3.64. The predicted molar refractivity (Wildman–Crippen MR) is 73.2 cm³/mol. The molecule has 6 nitrogen and oxygen atoms in total. The summed E-state index contributed by atoms with van der Waals surface area (Å²) in [6, 6.07) is 3.53. The summed E-state index contributed by atoms with van der Waals surface area (Å²) in [5.41, 5.74) is 7.85. The second-order valence-electron chi connectivity index (χ2n) is 3.64. The molecule has 0 heterocycles. The number of aliphatic hydroxyl groups is 2. The van der Waals surface area contributed by atoms with E-state index in [1.54, 1.807) is 12.1 Å². The van der Waals surface area contributed by atoms with Crippen LogP contribution in [0.25, 0.3) is 0 Å². The summed E-state index contributed by atoms with van der Waals surface area (Å²) in [5, 5.41) is 23.9. The molecule has 0 aliphatic carbocycles. The van der Waals surface area contributed by atoms with Crippen molar-refractivity contribution in [3.05, 3.63) is 12.1 Å². The summed E-state index contributed by atoms with van der Waals surface area (Å²) in [7, 11) is 0. The highest BCUT2D eigenvalue weighted by Crippen LogP contribution is 2.37. The van der Waals surface area contributed by atoms with Crippen molar-refractivity contribution >= 4 is 17.1 Å². The molecule has 1 rings (SSSR count). The van der Waals surface area contributed by atoms with Gasteiger partial charge in [-0.15, -0.1) is 0 Å². The Morgan fingerprint density at radius 3 is 2.28 bits per heavy atom. The Hall–Kier alpha value is -1.66. The minimum atomic E-state index is 0.0116. The van der Waals surface area contributed by atoms with Crippen LogP contribution in [0.3, 0.4) is 0 Å². The van der Waals surface area contributed by atoms with Crippen LogP contribution in [0.4, 0.5) is 17.1 Å². The van der Waals surface area contributed by atoms with Gasteiger partial charge in [0.05, 0.1) is 31.2 Å². The molecule has 0 unspecified atom stereocenters. The summed E-state index contributed by atoms with van der Waals surface area (Å²) in [4.78, 5) is 0. The normalized spacial score (nSPS) is 10.2. The summed E-state index contributed by atoms with van der Waals surface area (Å²) in [5.74, 6) is 0.667. The van der Waals surface area contributed by atoms with Gasteiger partial charge < -0.3 is 31.3 Å². The number of rotatable bonds is 8. The van der Waals surface area contributed by atoms with E-state index in [0.717, 1.165) is 0 Å². The number of hydrogen-bond donors (Lipinski definition) is 5. The second kappa shape index (κ2) is 7.62. The monoisotopic (exact) mass is 255 g/mol. The number of ether oxygens (including phenoxy) is 1. The molecule has 0 aliphatic rings. The van der Waals surface area contributed by atoms with Crippen molar-refractivity contribution < 1.29 is 14.9 Å². The largest absolute Gasteiger partial charge is 0.492 e. The Morgan fingerprint density at radius 2 is 1.72 bits per heavy atom. The van der Waals surface area contributed by atoms with Crippen molar-refractivity contribution in [2.75, 3.05) is 49.3 Å². The Morgan fingerprint density at radius 1 is 1.11 bits per heavy atom. The first-order valence-electron chi connectivity index (χ1n) is 5.99. The van der Waals surface area contributed by atoms with Crippen LogP contribution in [-0.4, -0.2) is 43.1 Å². The van der Waals surface area contributed by atoms with Crippen LogP contribution >= 0.6 is 0 Å². The van der Waals surface area contributed by atoms with Crippen molar-refractivity contribution in [3.63, 3.8) is 0 Å². The standard InChI is InChI=1S/C12H21N3O3/c1-2-18-10-4-3-9(13)11(14-5-7-16)12(10)15-6-8-17/h3-4,14-17H,2,5-8,13H2,1H3. The van der Waals surface area contributed by atoms with Gasteiger partial charge >= 0.3 is 0 Å². The zero-order chi connectivity index (χ0) is 13.4. The van der Waals surface area contributed by atoms with E-state index < -0.39 is 0 Å². The average Bonchev–Trinajstić information content (AvgIpc) is 2.38. The predicted octanol–water partition coefficient (Wildman–Crippen LogP) is 0.476. The fourth-order valence-electron chi connectivity index (χ4n) is 1.60. The third kappa shape index (κ3) is 3.68. The highest BCUT2D eigenvalue weighted by Gasteiger charge is 2.12. The number of aliphatic hydroxyl groups excluding tert-OH is 2. The Balaban J connectivity index is 3.04. The van der Waals surface area contributed by atoms with Crippen molar-refractivity contribution in [1.82, 2.24) is 0 Å². The van der Waals surface area contributed by atoms with E-state index in [1.165, 1.54) is 0 Å². The molecule has 0 saturated carbocycles. The number of anilines is 3. The smallest absolute Gasteiger partial charge is 0.144 e. The summed E-state index contributed by atoms with van der Waals surface area (Å²) < 4.78 is 5.51. The SMILES string of the molecule is CCOc1ccc(N)c(NCCO)c1NCCO. The molecule has 0 fully saturated rings. The van der Waals surface area contributed by atoms with Gasteiger partial charge in [0.15, 0.2) is 0 Å². The molecule has 0 atom stereocenters. The lowest BCUT2D eigenvalue weighted by Gasteiger charge is -2.19. The first-order valence-corrected chi connectivity index (χ1v) is 5.99. The lowest BCUT2D eigenvalue weighted by Crippen LogP contribution is -2.14. The van der Waals surface area contributed by atoms with Gasteiger partial charge in [-0.1, -0.05) is 0 Å². The molecular formula is C12H21N3O3. The van der Waals surface area contributed by atoms with E-state index in [0.29, 0.717) is 42.5 Å². The van der Waals surface area contributed by atoms with E-state index in [9.17, 15) is 0 Å². The van der Waals surface area contributed by atoms with Crippen LogP contribution in [-0.2, 0) is 0 Å². The maximum Gasteiger partial charge on any atom is 0.144 e. The average molecular weight is 255 g/mol. The molecule has 1 aromatic carbocycles. The van der Waals surface area contributed by atoms with E-state index in [2.05, 4.69) is 10.6 Å². The lowest BCUT2D eigenvalue weighted by atomic mass is 10.2. The molecule has 6 heteroatoms. The van der Waals surface area contributed by atoms with Crippen LogP contribution in [0.15, 0.2) is 12.1 Å². The molecule has 0 spiro atoms. The van der Waals surface area contributed by atoms with Gasteiger partial charge in [0.1, 0.15) is 11.4 Å². The molecule has 102 valence electrons. The van der Waals surface area contributed by atoms with Gasteiger partial charge in [0, 0.05) is 13.1 Å². The molecule has 0 amide bonds. The van der Waals surface area contributed by atoms with Crippen LogP contribution in [0, 0.1) is 0 Å². The molecule has 0 bridgehead atoms. The maximum absolute atomic E-state index is 8.89. The Labute approximate surface area is 107 Å². The van der Waals surface area contributed by atoms with Gasteiger partial charge in [-0.3, -0.25) is 0 Å². The minimum absolute atomic E-state index is 0.0116. The third-order valence-corrected chi connectivity index (χ3v) is 2.33. The van der Waals surface area contributed by atoms with Gasteiger partial charge in [0.25, 0.3) is 0 Å². The fraction of sp³-hybridized carbons (Fsp3) is 0.500. The molecule has 0 radical (unpaired) electrons. The molecule has 0 aliphatic heterocycles. The molecule has 0 aromatic heterocycles. The van der Waals surface area contributed by atoms with Crippen LogP contribution < -0.4 is 21.1 Å². The summed E-state index contributed by atoms with van der Waals surface area (Å²) in [6.45, 7) is 3.26. The molecule has 0 saturated heterocycles. The third-order valence-electron chi connectivity index (χ3n) is 2.33. The molecular weight excluding hydrogens is 234 g/mol. The number of nitrogens with one attached hydrogen (secondary N) is 2. The Kier molecular flexibility index (Phi) is 6.10. The summed E-state index contributed by atoms with van der Waals surface area (Å²) in [6.07, 6.45) is 0. The van der Waals surface area contributed by atoms with Crippen molar-refractivity contribution in [2.24, 2.45) is 0 Å². The first-order chi connectivity index (χ1) is 8.74. The van der Waals surface area contributed by atoms with E-state index in [4.69, 9.17) is 20.7 Å².